The van der Waals surface area contributed by atoms with Crippen molar-refractivity contribution >= 4 is 17.2 Å². The zero-order chi connectivity index (χ0) is 27.3. The molecule has 6 rings (SSSR count). The van der Waals surface area contributed by atoms with Gasteiger partial charge in [-0.25, -0.2) is 13.8 Å². The van der Waals surface area contributed by atoms with Crippen molar-refractivity contribution in [2.24, 2.45) is 11.7 Å². The van der Waals surface area contributed by atoms with Crippen LogP contribution in [0.15, 0.2) is 48.9 Å². The van der Waals surface area contributed by atoms with Gasteiger partial charge in [0.1, 0.15) is 11.6 Å². The minimum atomic E-state index is -1.20. The van der Waals surface area contributed by atoms with Crippen LogP contribution in [0.1, 0.15) is 62.5 Å². The largest absolute Gasteiger partial charge is 0.391 e. The van der Waals surface area contributed by atoms with Crippen molar-refractivity contribution in [2.45, 2.75) is 69.1 Å². The topological polar surface area (TPSA) is 122 Å². The molecule has 2 aliphatic carbocycles. The van der Waals surface area contributed by atoms with Gasteiger partial charge in [-0.3, -0.25) is 4.98 Å². The highest BCUT2D eigenvalue weighted by Crippen LogP contribution is 2.41. The lowest BCUT2D eigenvalue weighted by Crippen LogP contribution is -2.44. The zero-order valence-electron chi connectivity index (χ0n) is 21.7. The molecule has 5 N–H and O–H groups in total. The summed E-state index contributed by atoms with van der Waals surface area (Å²) in [4.78, 5) is 8.72. The maximum absolute atomic E-state index is 15.3. The van der Waals surface area contributed by atoms with Gasteiger partial charge >= 0.3 is 0 Å². The van der Waals surface area contributed by atoms with Crippen LogP contribution in [0.25, 0.3) is 16.8 Å². The molecular weight excluding hydrogens is 502 g/mol. The number of halogens is 2. The van der Waals surface area contributed by atoms with Crippen LogP contribution in [0.5, 0.6) is 0 Å². The van der Waals surface area contributed by atoms with E-state index in [4.69, 9.17) is 5.73 Å². The Kier molecular flexibility index (Phi) is 6.57. The number of aromatic nitrogens is 4. The van der Waals surface area contributed by atoms with Gasteiger partial charge in [-0.05, 0) is 79.0 Å². The van der Waals surface area contributed by atoms with Crippen LogP contribution in [-0.2, 0) is 5.60 Å². The highest BCUT2D eigenvalue weighted by molar-refractivity contribution is 5.66. The van der Waals surface area contributed by atoms with Crippen LogP contribution in [-0.4, -0.2) is 41.9 Å². The van der Waals surface area contributed by atoms with Crippen LogP contribution in [0, 0.1) is 17.6 Å². The van der Waals surface area contributed by atoms with Crippen LogP contribution in [0.3, 0.4) is 0 Å². The first-order chi connectivity index (χ1) is 18.7. The van der Waals surface area contributed by atoms with Crippen molar-refractivity contribution in [2.75, 3.05) is 5.32 Å². The molecule has 10 heteroatoms. The van der Waals surface area contributed by atoms with E-state index < -0.39 is 23.3 Å². The van der Waals surface area contributed by atoms with Crippen molar-refractivity contribution in [1.82, 2.24) is 19.6 Å². The fraction of sp³-hybridized carbons (Fsp3) is 0.414. The van der Waals surface area contributed by atoms with Gasteiger partial charge in [0.05, 0.1) is 46.6 Å². The van der Waals surface area contributed by atoms with E-state index in [0.29, 0.717) is 30.7 Å². The number of aliphatic hydroxyl groups excluding tert-OH is 1. The molecule has 3 aromatic heterocycles. The molecule has 0 saturated heterocycles. The Bertz CT molecular complexity index is 1480. The molecule has 0 radical (unpaired) electrons. The minimum Gasteiger partial charge on any atom is -0.391 e. The number of nitrogens with one attached hydrogen (secondary N) is 1. The van der Waals surface area contributed by atoms with Gasteiger partial charge in [0.2, 0.25) is 5.95 Å². The molecule has 2 fully saturated rings. The Morgan fingerprint density at radius 2 is 1.82 bits per heavy atom. The van der Waals surface area contributed by atoms with Crippen LogP contribution in [0.2, 0.25) is 0 Å². The smallest absolute Gasteiger partial charge is 0.229 e. The van der Waals surface area contributed by atoms with Gasteiger partial charge in [0, 0.05) is 12.2 Å². The normalized spacial score (nSPS) is 24.8. The molecule has 3 heterocycles. The van der Waals surface area contributed by atoms with Crippen molar-refractivity contribution in [3.05, 3.63) is 71.7 Å². The molecule has 0 aliphatic heterocycles. The lowest BCUT2D eigenvalue weighted by molar-refractivity contribution is 0.0438. The number of hydrogen-bond acceptors (Lipinski definition) is 7. The molecule has 2 aliphatic rings. The SMILES string of the molecule is C[C@H]1C[C@@H](c2ccncc2Nc2ncc3ccc(-c4c(F)cc(C5(O)CCCC5)cc4F)nn23)C[C@@H](N)[C@@H]1O. The first-order valence-electron chi connectivity index (χ1n) is 13.4. The molecule has 1 aromatic carbocycles. The number of hydrogen-bond donors (Lipinski definition) is 4. The summed E-state index contributed by atoms with van der Waals surface area (Å²) < 4.78 is 32.1. The van der Waals surface area contributed by atoms with E-state index in [1.54, 1.807) is 30.7 Å². The second-order valence-electron chi connectivity index (χ2n) is 11.1. The third kappa shape index (κ3) is 4.66. The molecule has 2 saturated carbocycles. The number of rotatable bonds is 5. The molecule has 0 spiro atoms. The summed E-state index contributed by atoms with van der Waals surface area (Å²) in [5, 5.41) is 29.0. The Labute approximate surface area is 224 Å². The Hall–Kier alpha value is -3.47. The van der Waals surface area contributed by atoms with E-state index in [9.17, 15) is 10.2 Å². The highest BCUT2D eigenvalue weighted by Gasteiger charge is 2.35. The Morgan fingerprint density at radius 1 is 1.08 bits per heavy atom. The molecule has 39 heavy (non-hydrogen) atoms. The molecule has 8 nitrogen and oxygen atoms in total. The number of pyridine rings is 1. The van der Waals surface area contributed by atoms with Crippen LogP contribution < -0.4 is 11.1 Å². The number of benzene rings is 1. The second-order valence-corrected chi connectivity index (χ2v) is 11.1. The maximum Gasteiger partial charge on any atom is 0.229 e. The van der Waals surface area contributed by atoms with Gasteiger partial charge in [-0.15, -0.1) is 0 Å². The fourth-order valence-corrected chi connectivity index (χ4v) is 6.25. The molecule has 0 bridgehead atoms. The molecule has 0 amide bonds. The van der Waals surface area contributed by atoms with Gasteiger partial charge in [-0.2, -0.15) is 9.61 Å². The first kappa shape index (κ1) is 25.8. The molecule has 4 atom stereocenters. The number of nitrogens with zero attached hydrogens (tertiary/aromatic N) is 4. The fourth-order valence-electron chi connectivity index (χ4n) is 6.25. The van der Waals surface area contributed by atoms with E-state index in [1.165, 1.54) is 16.6 Å². The molecule has 4 aromatic rings. The zero-order valence-corrected chi connectivity index (χ0v) is 21.7. The minimum absolute atomic E-state index is 0.0572. The van der Waals surface area contributed by atoms with E-state index >= 15 is 8.78 Å². The summed E-state index contributed by atoms with van der Waals surface area (Å²) >= 11 is 0. The summed E-state index contributed by atoms with van der Waals surface area (Å²) in [6, 6.07) is 7.31. The summed E-state index contributed by atoms with van der Waals surface area (Å²) in [5.74, 6) is -0.999. The number of imidazole rings is 1. The molecule has 0 unspecified atom stereocenters. The lowest BCUT2D eigenvalue weighted by atomic mass is 9.74. The first-order valence-corrected chi connectivity index (χ1v) is 13.4. The monoisotopic (exact) mass is 534 g/mol. The van der Waals surface area contributed by atoms with E-state index in [2.05, 4.69) is 20.4 Å². The summed E-state index contributed by atoms with van der Waals surface area (Å²) in [6.07, 6.45) is 8.55. The number of fused-ring (bicyclic) bond motifs is 1. The highest BCUT2D eigenvalue weighted by atomic mass is 19.1. The number of anilines is 2. The van der Waals surface area contributed by atoms with Gasteiger partial charge in [0.15, 0.2) is 0 Å². The Balaban J connectivity index is 1.33. The van der Waals surface area contributed by atoms with Crippen molar-refractivity contribution < 1.29 is 19.0 Å². The summed E-state index contributed by atoms with van der Waals surface area (Å²) in [7, 11) is 0. The summed E-state index contributed by atoms with van der Waals surface area (Å²) in [6.45, 7) is 2.00. The number of nitrogens with two attached hydrogens (primary N) is 1. The van der Waals surface area contributed by atoms with E-state index in [-0.39, 0.29) is 34.7 Å². The molecule has 204 valence electrons. The predicted molar refractivity (Wildman–Crippen MR) is 143 cm³/mol. The van der Waals surface area contributed by atoms with Crippen molar-refractivity contribution in [1.29, 1.82) is 0 Å². The maximum atomic E-state index is 15.3. The van der Waals surface area contributed by atoms with Crippen molar-refractivity contribution in [3.63, 3.8) is 0 Å². The predicted octanol–water partition coefficient (Wildman–Crippen LogP) is 4.78. The third-order valence-corrected chi connectivity index (χ3v) is 8.43. The van der Waals surface area contributed by atoms with E-state index in [0.717, 1.165) is 30.5 Å². The van der Waals surface area contributed by atoms with E-state index in [1.807, 2.05) is 13.0 Å². The average molecular weight is 535 g/mol. The lowest BCUT2D eigenvalue weighted by Gasteiger charge is -2.36. The molecular formula is C29H32F2N6O2. The second kappa shape index (κ2) is 9.93. The van der Waals surface area contributed by atoms with Gasteiger partial charge in [0.25, 0.3) is 0 Å². The van der Waals surface area contributed by atoms with Gasteiger partial charge < -0.3 is 21.3 Å². The average Bonchev–Trinajstić information content (AvgIpc) is 3.54. The van der Waals surface area contributed by atoms with Crippen LogP contribution >= 0.6 is 0 Å². The Morgan fingerprint density at radius 3 is 2.54 bits per heavy atom. The quantitative estimate of drug-likeness (QED) is 0.291. The standard InChI is InChI=1S/C29H32F2N6O2/c1-16-10-17(11-23(32)27(16)38)20-6-9-33-15-25(20)35-28-34-14-19-4-5-24(36-37(19)28)26-21(30)12-18(13-22(26)31)29(39)7-2-3-8-29/h4-6,9,12-17,23,27,38-39H,2-3,7-8,10-11,32H2,1H3,(H,34,35)/t16-,17+,23+,27+/m0/s1. The van der Waals surface area contributed by atoms with Gasteiger partial charge in [-0.1, -0.05) is 19.8 Å². The number of aliphatic hydroxyl groups is 2. The van der Waals surface area contributed by atoms with Crippen molar-refractivity contribution in [3.8, 4) is 11.3 Å². The third-order valence-electron chi connectivity index (χ3n) is 8.43. The summed E-state index contributed by atoms with van der Waals surface area (Å²) in [5.41, 5.74) is 7.50. The van der Waals surface area contributed by atoms with Crippen LogP contribution in [0.4, 0.5) is 20.4 Å².